The summed E-state index contributed by atoms with van der Waals surface area (Å²) in [4.78, 5) is 18.5. The molecular weight excluding hydrogens is 345 g/mol. The first kappa shape index (κ1) is 16.4. The maximum atomic E-state index is 11.6. The summed E-state index contributed by atoms with van der Waals surface area (Å²) in [6, 6.07) is 6.81. The molecule has 2 aromatic heterocycles. The van der Waals surface area contributed by atoms with Gasteiger partial charge in [0.2, 0.25) is 5.89 Å². The molecule has 1 aliphatic rings. The van der Waals surface area contributed by atoms with Gasteiger partial charge in [-0.3, -0.25) is 0 Å². The number of allylic oxidation sites excluding steroid dienone is 1. The van der Waals surface area contributed by atoms with E-state index in [4.69, 9.17) is 12.5 Å². The van der Waals surface area contributed by atoms with E-state index in [9.17, 15) is 4.79 Å². The lowest BCUT2D eigenvalue weighted by Crippen LogP contribution is -2.01. The van der Waals surface area contributed by atoms with Crippen LogP contribution in [-0.2, 0) is 11.1 Å². The van der Waals surface area contributed by atoms with Crippen molar-refractivity contribution in [2.45, 2.75) is 13.3 Å². The highest BCUT2D eigenvalue weighted by Gasteiger charge is 2.18. The molecule has 0 amide bonds. The molecule has 2 heterocycles. The molecule has 0 fully saturated rings. The van der Waals surface area contributed by atoms with Crippen LogP contribution in [0.4, 0.5) is 0 Å². The summed E-state index contributed by atoms with van der Waals surface area (Å²) in [5, 5.41) is 0. The Balaban J connectivity index is 1.71. The number of benzene rings is 1. The Morgan fingerprint density at radius 3 is 3.15 bits per heavy atom. The van der Waals surface area contributed by atoms with Crippen molar-refractivity contribution in [3.8, 4) is 33.9 Å². The zero-order valence-corrected chi connectivity index (χ0v) is 14.7. The van der Waals surface area contributed by atoms with Gasteiger partial charge in [0, 0.05) is 16.9 Å². The number of carbonyl (C=O) groups is 1. The molecule has 0 saturated heterocycles. The first-order valence-corrected chi connectivity index (χ1v) is 8.73. The van der Waals surface area contributed by atoms with Crippen LogP contribution in [0.1, 0.15) is 26.4 Å². The van der Waals surface area contributed by atoms with Gasteiger partial charge in [0.15, 0.2) is 0 Å². The fourth-order valence-electron chi connectivity index (χ4n) is 2.85. The lowest BCUT2D eigenvalue weighted by atomic mass is 10.1. The Kier molecular flexibility index (Phi) is 4.23. The second kappa shape index (κ2) is 6.70. The second-order valence-electron chi connectivity index (χ2n) is 5.75. The van der Waals surface area contributed by atoms with E-state index in [1.54, 1.807) is 35.8 Å². The number of nitrogens with zero attached hydrogens (tertiary/aromatic N) is 1. The van der Waals surface area contributed by atoms with Crippen LogP contribution < -0.4 is 0 Å². The molecule has 0 saturated carbocycles. The highest BCUT2D eigenvalue weighted by Crippen LogP contribution is 2.38. The van der Waals surface area contributed by atoms with Crippen molar-refractivity contribution in [3.63, 3.8) is 0 Å². The van der Waals surface area contributed by atoms with Gasteiger partial charge in [-0.15, -0.1) is 11.3 Å². The second-order valence-corrected chi connectivity index (χ2v) is 6.85. The molecule has 26 heavy (non-hydrogen) atoms. The highest BCUT2D eigenvalue weighted by molar-refractivity contribution is 7.16. The Morgan fingerprint density at radius 1 is 1.42 bits per heavy atom. The number of carbonyl (C=O) groups excluding carboxylic acids is 1. The lowest BCUT2D eigenvalue weighted by Gasteiger charge is -2.01. The van der Waals surface area contributed by atoms with E-state index in [1.807, 2.05) is 18.2 Å². The van der Waals surface area contributed by atoms with E-state index >= 15 is 0 Å². The molecule has 0 N–H and O–H groups in total. The summed E-state index contributed by atoms with van der Waals surface area (Å²) in [5.74, 6) is 5.96. The van der Waals surface area contributed by atoms with Crippen LogP contribution in [0.2, 0.25) is 0 Å². The van der Waals surface area contributed by atoms with E-state index in [0.29, 0.717) is 17.0 Å². The van der Waals surface area contributed by atoms with Gasteiger partial charge >= 0.3 is 14.0 Å². The fraction of sp³-hybridized carbons (Fsp3) is 0.100. The SMILES string of the molecule is [B]OC(=O)c1cccc(-c2nc(-c3sc4c(c3C)C=CC#CC4)co2)c1. The molecule has 2 radical (unpaired) electrons. The monoisotopic (exact) mass is 357 g/mol. The third-order valence-corrected chi connectivity index (χ3v) is 5.47. The van der Waals surface area contributed by atoms with Crippen LogP contribution in [0.15, 0.2) is 41.0 Å². The van der Waals surface area contributed by atoms with Crippen molar-refractivity contribution < 1.29 is 13.9 Å². The number of thiophene rings is 1. The third-order valence-electron chi connectivity index (χ3n) is 4.14. The average Bonchev–Trinajstić information content (AvgIpc) is 3.19. The molecule has 0 atom stereocenters. The summed E-state index contributed by atoms with van der Waals surface area (Å²) >= 11 is 1.68. The standard InChI is InChI=1S/C20H12BNO3S/c1-12-15-8-3-2-4-9-17(15)26-18(12)16-11-24-19(22-16)13-6-5-7-14(10-13)20(23)25-21/h3,5-8,10-11H,9H2,1H3. The highest BCUT2D eigenvalue weighted by atomic mass is 32.1. The third kappa shape index (κ3) is 2.87. The predicted octanol–water partition coefficient (Wildman–Crippen LogP) is 4.19. The summed E-state index contributed by atoms with van der Waals surface area (Å²) in [6.45, 7) is 2.08. The van der Waals surface area contributed by atoms with Gasteiger partial charge in [-0.25, -0.2) is 9.78 Å². The molecule has 1 aliphatic carbocycles. The van der Waals surface area contributed by atoms with Crippen molar-refractivity contribution in [2.24, 2.45) is 0 Å². The Hall–Kier alpha value is -3.04. The quantitative estimate of drug-likeness (QED) is 0.521. The van der Waals surface area contributed by atoms with Crippen LogP contribution in [0.25, 0.3) is 28.1 Å². The minimum atomic E-state index is -0.607. The topological polar surface area (TPSA) is 52.3 Å². The van der Waals surface area contributed by atoms with Crippen LogP contribution in [-0.4, -0.2) is 19.0 Å². The molecule has 3 aromatic rings. The van der Waals surface area contributed by atoms with Gasteiger partial charge in [0.05, 0.1) is 10.4 Å². The number of aromatic nitrogens is 1. The lowest BCUT2D eigenvalue weighted by molar-refractivity contribution is 0.0749. The van der Waals surface area contributed by atoms with Gasteiger partial charge in [-0.05, 0) is 48.4 Å². The first-order valence-electron chi connectivity index (χ1n) is 7.92. The molecule has 6 heteroatoms. The van der Waals surface area contributed by atoms with Crippen LogP contribution in [0, 0.1) is 18.8 Å². The predicted molar refractivity (Wildman–Crippen MR) is 102 cm³/mol. The zero-order chi connectivity index (χ0) is 18.1. The molecule has 124 valence electrons. The van der Waals surface area contributed by atoms with Crippen LogP contribution >= 0.6 is 11.3 Å². The fourth-order valence-corrected chi connectivity index (χ4v) is 4.04. The van der Waals surface area contributed by atoms with Crippen LogP contribution in [0.5, 0.6) is 0 Å². The minimum Gasteiger partial charge on any atom is -0.540 e. The normalized spacial score (nSPS) is 12.0. The molecule has 4 nitrogen and oxygen atoms in total. The van der Waals surface area contributed by atoms with Crippen molar-refractivity contribution in [3.05, 3.63) is 58.2 Å². The summed E-state index contributed by atoms with van der Waals surface area (Å²) in [6.07, 6.45) is 6.30. The van der Waals surface area contributed by atoms with Crippen molar-refractivity contribution >= 4 is 31.4 Å². The molecule has 0 bridgehead atoms. The number of oxazole rings is 1. The minimum absolute atomic E-state index is 0.340. The zero-order valence-electron chi connectivity index (χ0n) is 13.9. The Bertz CT molecular complexity index is 1100. The molecule has 4 rings (SSSR count). The largest absolute Gasteiger partial charge is 0.540 e. The van der Waals surface area contributed by atoms with E-state index in [2.05, 4.69) is 28.4 Å². The number of rotatable bonds is 3. The summed E-state index contributed by atoms with van der Waals surface area (Å²) in [7, 11) is 4.95. The summed E-state index contributed by atoms with van der Waals surface area (Å²) < 4.78 is 9.92. The maximum Gasteiger partial charge on any atom is 0.378 e. The number of fused-ring (bicyclic) bond motifs is 1. The average molecular weight is 357 g/mol. The molecule has 0 spiro atoms. The van der Waals surface area contributed by atoms with Gasteiger partial charge in [0.1, 0.15) is 12.0 Å². The molecular formula is C20H12BNO3S. The number of hydrogen-bond donors (Lipinski definition) is 0. The summed E-state index contributed by atoms with van der Waals surface area (Å²) in [5.41, 5.74) is 4.14. The molecule has 0 unspecified atom stereocenters. The Labute approximate surface area is 156 Å². The van der Waals surface area contributed by atoms with Gasteiger partial charge in [-0.2, -0.15) is 0 Å². The van der Waals surface area contributed by atoms with E-state index in [0.717, 1.165) is 22.6 Å². The molecule has 0 aliphatic heterocycles. The number of hydrogen-bond acceptors (Lipinski definition) is 5. The smallest absolute Gasteiger partial charge is 0.378 e. The van der Waals surface area contributed by atoms with Crippen molar-refractivity contribution in [1.29, 1.82) is 0 Å². The molecule has 1 aromatic carbocycles. The van der Waals surface area contributed by atoms with Crippen LogP contribution in [0.3, 0.4) is 0 Å². The van der Waals surface area contributed by atoms with E-state index in [-0.39, 0.29) is 0 Å². The van der Waals surface area contributed by atoms with Gasteiger partial charge in [0.25, 0.3) is 0 Å². The Morgan fingerprint density at radius 2 is 2.31 bits per heavy atom. The van der Waals surface area contributed by atoms with E-state index < -0.39 is 5.97 Å². The van der Waals surface area contributed by atoms with Crippen molar-refractivity contribution in [2.75, 3.05) is 0 Å². The first-order chi connectivity index (χ1) is 12.7. The van der Waals surface area contributed by atoms with E-state index in [1.165, 1.54) is 10.4 Å². The van der Waals surface area contributed by atoms with Gasteiger partial charge in [-0.1, -0.05) is 17.9 Å². The van der Waals surface area contributed by atoms with Gasteiger partial charge < -0.3 is 9.07 Å². The van der Waals surface area contributed by atoms with Crippen molar-refractivity contribution in [1.82, 2.24) is 4.98 Å². The maximum absolute atomic E-state index is 11.6.